The Morgan fingerprint density at radius 2 is 1.95 bits per heavy atom. The number of benzene rings is 1. The molecule has 0 radical (unpaired) electrons. The maximum absolute atomic E-state index is 13.8. The van der Waals surface area contributed by atoms with Crippen molar-refractivity contribution < 1.29 is 17.6 Å². The summed E-state index contributed by atoms with van der Waals surface area (Å²) in [7, 11) is -3.60. The van der Waals surface area contributed by atoms with Gasteiger partial charge in [-0.3, -0.25) is 9.10 Å². The van der Waals surface area contributed by atoms with Gasteiger partial charge in [-0.15, -0.1) is 0 Å². The molecule has 0 fully saturated rings. The summed E-state index contributed by atoms with van der Waals surface area (Å²) in [5.74, 6) is -0.712. The van der Waals surface area contributed by atoms with Gasteiger partial charge in [0.25, 0.3) is 0 Å². The van der Waals surface area contributed by atoms with Crippen LogP contribution in [-0.2, 0) is 14.8 Å². The first kappa shape index (κ1) is 18.4. The number of sulfonamides is 1. The third-order valence-electron chi connectivity index (χ3n) is 3.14. The minimum absolute atomic E-state index is 0.0105. The monoisotopic (exact) mass is 330 g/mol. The first-order valence-corrected chi connectivity index (χ1v) is 9.20. The van der Waals surface area contributed by atoms with E-state index in [0.717, 1.165) is 23.4 Å². The summed E-state index contributed by atoms with van der Waals surface area (Å²) in [5, 5.41) is 2.77. The van der Waals surface area contributed by atoms with Gasteiger partial charge in [0.1, 0.15) is 5.82 Å². The minimum Gasteiger partial charge on any atom is -0.356 e. The van der Waals surface area contributed by atoms with Gasteiger partial charge in [-0.05, 0) is 25.0 Å². The van der Waals surface area contributed by atoms with Gasteiger partial charge in [-0.2, -0.15) is 0 Å². The summed E-state index contributed by atoms with van der Waals surface area (Å²) in [4.78, 5) is 11.6. The number of carbonyl (C=O) groups excluding carboxylic acids is 1. The standard InChI is InChI=1S/C15H23FN2O3S/c1-3-4-11-17-15(19)10-7-12-18(22(2,20)21)14-9-6-5-8-13(14)16/h5-6,8-9H,3-4,7,10-12H2,1-2H3,(H,17,19). The van der Waals surface area contributed by atoms with Crippen molar-refractivity contribution >= 4 is 21.6 Å². The molecule has 0 aliphatic heterocycles. The van der Waals surface area contributed by atoms with Gasteiger partial charge >= 0.3 is 0 Å². The zero-order valence-electron chi connectivity index (χ0n) is 13.0. The van der Waals surface area contributed by atoms with E-state index in [1.165, 1.54) is 18.2 Å². The van der Waals surface area contributed by atoms with E-state index in [1.54, 1.807) is 6.07 Å². The van der Waals surface area contributed by atoms with Crippen molar-refractivity contribution in [3.63, 3.8) is 0 Å². The fourth-order valence-electron chi connectivity index (χ4n) is 2.00. The summed E-state index contributed by atoms with van der Waals surface area (Å²) < 4.78 is 38.4. The Balaban J connectivity index is 2.62. The van der Waals surface area contributed by atoms with Crippen molar-refractivity contribution in [3.8, 4) is 0 Å². The van der Waals surface area contributed by atoms with Gasteiger partial charge in [0.05, 0.1) is 11.9 Å². The zero-order chi connectivity index (χ0) is 16.6. The molecule has 124 valence electrons. The highest BCUT2D eigenvalue weighted by molar-refractivity contribution is 7.92. The molecule has 22 heavy (non-hydrogen) atoms. The first-order valence-electron chi connectivity index (χ1n) is 7.35. The molecule has 0 aliphatic carbocycles. The lowest BCUT2D eigenvalue weighted by atomic mass is 10.2. The number of halogens is 1. The molecule has 0 aromatic heterocycles. The van der Waals surface area contributed by atoms with Gasteiger partial charge < -0.3 is 5.32 Å². The van der Waals surface area contributed by atoms with Crippen LogP contribution in [0.5, 0.6) is 0 Å². The molecule has 0 heterocycles. The number of rotatable bonds is 9. The van der Waals surface area contributed by atoms with Crippen molar-refractivity contribution in [2.24, 2.45) is 0 Å². The summed E-state index contributed by atoms with van der Waals surface area (Å²) in [6.45, 7) is 2.73. The average molecular weight is 330 g/mol. The highest BCUT2D eigenvalue weighted by atomic mass is 32.2. The largest absolute Gasteiger partial charge is 0.356 e. The third kappa shape index (κ3) is 6.01. The Bertz CT molecular complexity index is 590. The molecule has 0 unspecified atom stereocenters. The van der Waals surface area contributed by atoms with Crippen LogP contribution in [0.15, 0.2) is 24.3 Å². The van der Waals surface area contributed by atoms with E-state index in [2.05, 4.69) is 5.32 Å². The van der Waals surface area contributed by atoms with Crippen molar-refractivity contribution in [2.75, 3.05) is 23.7 Å². The van der Waals surface area contributed by atoms with Crippen molar-refractivity contribution in [1.82, 2.24) is 5.32 Å². The molecule has 0 aliphatic rings. The molecule has 1 amide bonds. The Morgan fingerprint density at radius 3 is 2.55 bits per heavy atom. The Labute approximate surface area is 131 Å². The molecule has 0 saturated carbocycles. The Morgan fingerprint density at radius 1 is 1.27 bits per heavy atom. The summed E-state index contributed by atoms with van der Waals surface area (Å²) in [6, 6.07) is 5.71. The topological polar surface area (TPSA) is 66.5 Å². The fourth-order valence-corrected chi connectivity index (χ4v) is 2.96. The molecule has 0 saturated heterocycles. The molecular weight excluding hydrogens is 307 g/mol. The molecule has 1 aromatic carbocycles. The van der Waals surface area contributed by atoms with Crippen molar-refractivity contribution in [3.05, 3.63) is 30.1 Å². The summed E-state index contributed by atoms with van der Waals surface area (Å²) in [5.41, 5.74) is 0.0105. The Kier molecular flexibility index (Phi) is 7.31. The predicted octanol–water partition coefficient (Wildman–Crippen LogP) is 2.29. The van der Waals surface area contributed by atoms with E-state index in [0.29, 0.717) is 13.0 Å². The van der Waals surface area contributed by atoms with Crippen LogP contribution in [0.25, 0.3) is 0 Å². The number of carbonyl (C=O) groups is 1. The maximum atomic E-state index is 13.8. The van der Waals surface area contributed by atoms with Gasteiger partial charge in [-0.1, -0.05) is 25.5 Å². The van der Waals surface area contributed by atoms with E-state index >= 15 is 0 Å². The van der Waals surface area contributed by atoms with Gasteiger partial charge in [0, 0.05) is 19.5 Å². The van der Waals surface area contributed by atoms with E-state index in [9.17, 15) is 17.6 Å². The second kappa shape index (κ2) is 8.73. The molecule has 0 spiro atoms. The quantitative estimate of drug-likeness (QED) is 0.707. The average Bonchev–Trinajstić information content (AvgIpc) is 2.44. The van der Waals surface area contributed by atoms with Crippen LogP contribution >= 0.6 is 0 Å². The number of unbranched alkanes of at least 4 members (excludes halogenated alkanes) is 1. The molecule has 1 N–H and O–H groups in total. The molecule has 0 bridgehead atoms. The number of hydrogen-bond donors (Lipinski definition) is 1. The van der Waals surface area contributed by atoms with Crippen LogP contribution in [-0.4, -0.2) is 33.7 Å². The molecule has 1 aromatic rings. The number of anilines is 1. The maximum Gasteiger partial charge on any atom is 0.232 e. The normalized spacial score (nSPS) is 11.2. The number of amides is 1. The first-order chi connectivity index (χ1) is 10.4. The number of hydrogen-bond acceptors (Lipinski definition) is 3. The second-order valence-corrected chi connectivity index (χ2v) is 7.00. The lowest BCUT2D eigenvalue weighted by Crippen LogP contribution is -2.33. The van der Waals surface area contributed by atoms with Crippen LogP contribution in [0.2, 0.25) is 0 Å². The highest BCUT2D eigenvalue weighted by Crippen LogP contribution is 2.21. The minimum atomic E-state index is -3.60. The van der Waals surface area contributed by atoms with Gasteiger partial charge in [-0.25, -0.2) is 12.8 Å². The molecule has 1 rings (SSSR count). The van der Waals surface area contributed by atoms with Crippen LogP contribution in [0, 0.1) is 5.82 Å². The number of nitrogens with one attached hydrogen (secondary N) is 1. The Hall–Kier alpha value is -1.63. The van der Waals surface area contributed by atoms with Gasteiger partial charge in [0.2, 0.25) is 15.9 Å². The number of para-hydroxylation sites is 1. The molecular formula is C15H23FN2O3S. The lowest BCUT2D eigenvalue weighted by Gasteiger charge is -2.22. The van der Waals surface area contributed by atoms with Crippen LogP contribution in [0.3, 0.4) is 0 Å². The lowest BCUT2D eigenvalue weighted by molar-refractivity contribution is -0.121. The summed E-state index contributed by atoms with van der Waals surface area (Å²) in [6.07, 6.45) is 3.48. The SMILES string of the molecule is CCCCNC(=O)CCCN(c1ccccc1F)S(C)(=O)=O. The van der Waals surface area contributed by atoms with Crippen LogP contribution < -0.4 is 9.62 Å². The molecule has 5 nitrogen and oxygen atoms in total. The van der Waals surface area contributed by atoms with E-state index in [-0.39, 0.29) is 24.6 Å². The van der Waals surface area contributed by atoms with Crippen LogP contribution in [0.4, 0.5) is 10.1 Å². The van der Waals surface area contributed by atoms with Crippen molar-refractivity contribution in [1.29, 1.82) is 0 Å². The summed E-state index contributed by atoms with van der Waals surface area (Å²) >= 11 is 0. The van der Waals surface area contributed by atoms with Crippen LogP contribution in [0.1, 0.15) is 32.6 Å². The predicted molar refractivity (Wildman–Crippen MR) is 85.7 cm³/mol. The van der Waals surface area contributed by atoms with Crippen molar-refractivity contribution in [2.45, 2.75) is 32.6 Å². The molecule has 0 atom stereocenters. The van der Waals surface area contributed by atoms with E-state index < -0.39 is 15.8 Å². The van der Waals surface area contributed by atoms with E-state index in [1.807, 2.05) is 6.92 Å². The molecule has 7 heteroatoms. The zero-order valence-corrected chi connectivity index (χ0v) is 13.8. The smallest absolute Gasteiger partial charge is 0.232 e. The fraction of sp³-hybridized carbons (Fsp3) is 0.533. The third-order valence-corrected chi connectivity index (χ3v) is 4.32. The van der Waals surface area contributed by atoms with E-state index in [4.69, 9.17) is 0 Å². The number of nitrogens with zero attached hydrogens (tertiary/aromatic N) is 1. The highest BCUT2D eigenvalue weighted by Gasteiger charge is 2.20. The second-order valence-electron chi connectivity index (χ2n) is 5.09. The van der Waals surface area contributed by atoms with Gasteiger partial charge in [0.15, 0.2) is 0 Å².